The van der Waals surface area contributed by atoms with E-state index in [0.29, 0.717) is 11.5 Å². The molecule has 0 N–H and O–H groups in total. The van der Waals surface area contributed by atoms with Crippen molar-refractivity contribution in [3.8, 4) is 22.3 Å². The predicted octanol–water partition coefficient (Wildman–Crippen LogP) is 8.21. The molecule has 1 aliphatic rings. The summed E-state index contributed by atoms with van der Waals surface area (Å²) >= 11 is 0. The number of benzene rings is 3. The van der Waals surface area contributed by atoms with E-state index in [1.165, 1.54) is 6.92 Å². The number of aryl methyl sites for hydroxylation is 1. The topological polar surface area (TPSA) is 0 Å². The lowest BCUT2D eigenvalue weighted by atomic mass is 9.78. The fourth-order valence-corrected chi connectivity index (χ4v) is 4.41. The molecule has 0 aliphatic heterocycles. The molecule has 3 aromatic rings. The Balaban J connectivity index is 1.56. The van der Waals surface area contributed by atoms with Crippen molar-refractivity contribution in [2.24, 2.45) is 5.92 Å². The van der Waals surface area contributed by atoms with Crippen molar-refractivity contribution in [1.29, 1.82) is 0 Å². The van der Waals surface area contributed by atoms with Gasteiger partial charge in [-0.1, -0.05) is 54.6 Å². The summed E-state index contributed by atoms with van der Waals surface area (Å²) in [6.07, 6.45) is 6.11. The van der Waals surface area contributed by atoms with Crippen molar-refractivity contribution in [3.05, 3.63) is 95.8 Å². The Hall–Kier alpha value is -2.81. The van der Waals surface area contributed by atoms with Gasteiger partial charge in [0.25, 0.3) is 0 Å². The molecule has 0 radical (unpaired) electrons. The summed E-state index contributed by atoms with van der Waals surface area (Å²) < 4.78 is 43.0. The molecule has 0 heterocycles. The minimum atomic E-state index is -0.843. The van der Waals surface area contributed by atoms with Gasteiger partial charge in [0.2, 0.25) is 0 Å². The van der Waals surface area contributed by atoms with Crippen LogP contribution in [0, 0.1) is 30.3 Å². The zero-order chi connectivity index (χ0) is 21.3. The summed E-state index contributed by atoms with van der Waals surface area (Å²) in [7, 11) is 0. The summed E-state index contributed by atoms with van der Waals surface area (Å²) in [6.45, 7) is 5.41. The third kappa shape index (κ3) is 3.94. The molecule has 0 nitrogen and oxygen atoms in total. The first kappa shape index (κ1) is 20.5. The maximum Gasteiger partial charge on any atom is 0.166 e. The van der Waals surface area contributed by atoms with Crippen LogP contribution in [0.5, 0.6) is 0 Å². The maximum absolute atomic E-state index is 14.9. The van der Waals surface area contributed by atoms with E-state index in [0.717, 1.165) is 42.4 Å². The van der Waals surface area contributed by atoms with E-state index in [4.69, 9.17) is 0 Å². The maximum atomic E-state index is 14.9. The molecule has 154 valence electrons. The van der Waals surface area contributed by atoms with Crippen LogP contribution in [0.25, 0.3) is 22.3 Å². The lowest BCUT2D eigenvalue weighted by Gasteiger charge is -2.27. The van der Waals surface area contributed by atoms with Crippen molar-refractivity contribution >= 4 is 0 Å². The van der Waals surface area contributed by atoms with Crippen LogP contribution in [0.15, 0.2) is 67.3 Å². The van der Waals surface area contributed by atoms with Gasteiger partial charge < -0.3 is 0 Å². The second-order valence-electron chi connectivity index (χ2n) is 8.22. The van der Waals surface area contributed by atoms with E-state index < -0.39 is 11.6 Å². The molecule has 3 heteroatoms. The van der Waals surface area contributed by atoms with Gasteiger partial charge in [-0.05, 0) is 78.3 Å². The van der Waals surface area contributed by atoms with Gasteiger partial charge in [0.1, 0.15) is 5.82 Å². The zero-order valence-electron chi connectivity index (χ0n) is 17.1. The predicted molar refractivity (Wildman–Crippen MR) is 117 cm³/mol. The number of halogens is 3. The first-order valence-electron chi connectivity index (χ1n) is 10.5. The van der Waals surface area contributed by atoms with E-state index in [-0.39, 0.29) is 22.9 Å². The third-order valence-electron chi connectivity index (χ3n) is 6.35. The van der Waals surface area contributed by atoms with Crippen molar-refractivity contribution in [3.63, 3.8) is 0 Å². The molecule has 30 heavy (non-hydrogen) atoms. The van der Waals surface area contributed by atoms with Crippen LogP contribution in [0.4, 0.5) is 13.2 Å². The number of hydrogen-bond donors (Lipinski definition) is 0. The van der Waals surface area contributed by atoms with Crippen molar-refractivity contribution in [1.82, 2.24) is 0 Å². The fourth-order valence-electron chi connectivity index (χ4n) is 4.41. The number of hydrogen-bond acceptors (Lipinski definition) is 0. The van der Waals surface area contributed by atoms with Crippen molar-refractivity contribution in [2.75, 3.05) is 0 Å². The van der Waals surface area contributed by atoms with Gasteiger partial charge in [-0.2, -0.15) is 0 Å². The largest absolute Gasteiger partial charge is 0.207 e. The Morgan fingerprint density at radius 2 is 1.40 bits per heavy atom. The highest BCUT2D eigenvalue weighted by atomic mass is 19.2. The van der Waals surface area contributed by atoms with Crippen molar-refractivity contribution in [2.45, 2.75) is 38.5 Å². The minimum absolute atomic E-state index is 0.176. The molecule has 0 bridgehead atoms. The molecule has 3 aromatic carbocycles. The average Bonchev–Trinajstić information content (AvgIpc) is 2.78. The van der Waals surface area contributed by atoms with Crippen LogP contribution in [0.2, 0.25) is 0 Å². The third-order valence-corrected chi connectivity index (χ3v) is 6.35. The Morgan fingerprint density at radius 1 is 0.767 bits per heavy atom. The molecule has 1 aliphatic carbocycles. The smallest absolute Gasteiger partial charge is 0.166 e. The van der Waals surface area contributed by atoms with Gasteiger partial charge >= 0.3 is 0 Å². The van der Waals surface area contributed by atoms with Gasteiger partial charge in [-0.3, -0.25) is 0 Å². The monoisotopic (exact) mass is 406 g/mol. The lowest BCUT2D eigenvalue weighted by Crippen LogP contribution is -2.12. The summed E-state index contributed by atoms with van der Waals surface area (Å²) in [5.41, 5.74) is 3.50. The first-order valence-corrected chi connectivity index (χ1v) is 10.5. The summed E-state index contributed by atoms with van der Waals surface area (Å²) in [6, 6.07) is 15.7. The Bertz CT molecular complexity index is 1060. The highest BCUT2D eigenvalue weighted by molar-refractivity contribution is 5.71. The molecule has 0 spiro atoms. The zero-order valence-corrected chi connectivity index (χ0v) is 17.1. The highest BCUT2D eigenvalue weighted by Crippen LogP contribution is 2.38. The van der Waals surface area contributed by atoms with Gasteiger partial charge in [0.15, 0.2) is 11.6 Å². The second kappa shape index (κ2) is 8.51. The molecule has 0 amide bonds. The Morgan fingerprint density at radius 3 is 2.03 bits per heavy atom. The first-order chi connectivity index (χ1) is 14.5. The van der Waals surface area contributed by atoms with E-state index >= 15 is 0 Å². The molecule has 4 rings (SSSR count). The molecule has 0 aromatic heterocycles. The van der Waals surface area contributed by atoms with Crippen LogP contribution < -0.4 is 0 Å². The Labute approximate surface area is 176 Å². The van der Waals surface area contributed by atoms with Gasteiger partial charge in [0.05, 0.1) is 0 Å². The van der Waals surface area contributed by atoms with Gasteiger partial charge in [-0.15, -0.1) is 6.58 Å². The standard InChI is InChI=1S/C27H25F3/c1-3-18-5-7-20(8-6-18)23-15-13-22(16-25(23)28)19-9-11-21(12-10-19)24-14-4-17(2)26(29)27(24)30/h3-4,9-16,18,20H,1,5-8H2,2H3. The number of allylic oxidation sites excluding steroid dienone is 1. The van der Waals surface area contributed by atoms with Crippen LogP contribution in [-0.4, -0.2) is 0 Å². The molecular weight excluding hydrogens is 381 g/mol. The minimum Gasteiger partial charge on any atom is -0.207 e. The van der Waals surface area contributed by atoms with E-state index in [2.05, 4.69) is 6.58 Å². The average molecular weight is 406 g/mol. The van der Waals surface area contributed by atoms with Crippen LogP contribution in [0.3, 0.4) is 0 Å². The molecule has 0 atom stereocenters. The fraction of sp³-hybridized carbons (Fsp3) is 0.259. The normalized spacial score (nSPS) is 18.9. The second-order valence-corrected chi connectivity index (χ2v) is 8.22. The van der Waals surface area contributed by atoms with Gasteiger partial charge in [-0.25, -0.2) is 13.2 Å². The molecule has 0 unspecified atom stereocenters. The molecular formula is C27H25F3. The van der Waals surface area contributed by atoms with E-state index in [9.17, 15) is 13.2 Å². The van der Waals surface area contributed by atoms with Gasteiger partial charge in [0, 0.05) is 5.56 Å². The van der Waals surface area contributed by atoms with Crippen LogP contribution in [-0.2, 0) is 0 Å². The highest BCUT2D eigenvalue weighted by Gasteiger charge is 2.23. The van der Waals surface area contributed by atoms with Crippen LogP contribution in [0.1, 0.15) is 42.7 Å². The Kier molecular flexibility index (Phi) is 5.80. The lowest BCUT2D eigenvalue weighted by molar-refractivity contribution is 0.369. The summed E-state index contributed by atoms with van der Waals surface area (Å²) in [5.74, 6) is -1.03. The summed E-state index contributed by atoms with van der Waals surface area (Å²) in [4.78, 5) is 0. The molecule has 0 saturated heterocycles. The van der Waals surface area contributed by atoms with E-state index in [1.807, 2.05) is 30.3 Å². The van der Waals surface area contributed by atoms with E-state index in [1.54, 1.807) is 30.3 Å². The molecule has 1 saturated carbocycles. The quantitative estimate of drug-likeness (QED) is 0.383. The SMILES string of the molecule is C=CC1CCC(c2ccc(-c3ccc(-c4ccc(C)c(F)c4F)cc3)cc2F)CC1. The number of rotatable bonds is 4. The summed E-state index contributed by atoms with van der Waals surface area (Å²) in [5, 5.41) is 0. The van der Waals surface area contributed by atoms with Crippen molar-refractivity contribution < 1.29 is 13.2 Å². The van der Waals surface area contributed by atoms with Crippen LogP contribution >= 0.6 is 0 Å². The molecule has 1 fully saturated rings.